The van der Waals surface area contributed by atoms with Crippen LogP contribution in [0.2, 0.25) is 5.02 Å². The van der Waals surface area contributed by atoms with Crippen molar-refractivity contribution >= 4 is 11.6 Å². The fraction of sp³-hybridized carbons (Fsp3) is 0.538. The minimum atomic E-state index is -0.314. The Balaban J connectivity index is 2.88. The molecule has 1 aromatic rings. The van der Waals surface area contributed by atoms with Crippen molar-refractivity contribution in [2.24, 2.45) is 0 Å². The van der Waals surface area contributed by atoms with Gasteiger partial charge in [0.1, 0.15) is 5.82 Å². The van der Waals surface area contributed by atoms with Crippen LogP contribution in [-0.4, -0.2) is 25.8 Å². The third-order valence-electron chi connectivity index (χ3n) is 3.15. The molecule has 0 aliphatic carbocycles. The summed E-state index contributed by atoms with van der Waals surface area (Å²) < 4.78 is 18.4. The molecule has 0 aromatic heterocycles. The van der Waals surface area contributed by atoms with Gasteiger partial charge in [-0.15, -0.1) is 0 Å². The quantitative estimate of drug-likeness (QED) is 0.878. The highest BCUT2D eigenvalue weighted by atomic mass is 35.5. The van der Waals surface area contributed by atoms with E-state index in [0.29, 0.717) is 11.4 Å². The zero-order valence-electron chi connectivity index (χ0n) is 10.7. The molecule has 0 heterocycles. The van der Waals surface area contributed by atoms with E-state index in [1.165, 1.54) is 12.1 Å². The van der Waals surface area contributed by atoms with Gasteiger partial charge in [0.25, 0.3) is 0 Å². The third kappa shape index (κ3) is 3.66. The van der Waals surface area contributed by atoms with E-state index in [1.54, 1.807) is 13.2 Å². The summed E-state index contributed by atoms with van der Waals surface area (Å²) in [6.45, 7) is 4.01. The molecule has 1 aromatic carbocycles. The lowest BCUT2D eigenvalue weighted by atomic mass is 9.92. The summed E-state index contributed by atoms with van der Waals surface area (Å²) in [5.41, 5.74) is 0.601. The first-order valence-corrected chi connectivity index (χ1v) is 5.95. The largest absolute Gasteiger partial charge is 0.377 e. The topological polar surface area (TPSA) is 21.3 Å². The Labute approximate surface area is 107 Å². The first kappa shape index (κ1) is 14.4. The van der Waals surface area contributed by atoms with E-state index in [2.05, 4.69) is 5.32 Å². The maximum Gasteiger partial charge on any atom is 0.124 e. The van der Waals surface area contributed by atoms with E-state index in [1.807, 2.05) is 20.9 Å². The van der Waals surface area contributed by atoms with Crippen molar-refractivity contribution in [1.82, 2.24) is 5.32 Å². The van der Waals surface area contributed by atoms with Crippen LogP contribution in [0.5, 0.6) is 0 Å². The van der Waals surface area contributed by atoms with Crippen molar-refractivity contribution in [3.8, 4) is 0 Å². The first-order chi connectivity index (χ1) is 7.90. The second-order valence-corrected chi connectivity index (χ2v) is 5.00. The Hall–Kier alpha value is -0.640. The molecule has 1 rings (SSSR count). The molecule has 4 heteroatoms. The van der Waals surface area contributed by atoms with Gasteiger partial charge in [-0.05, 0) is 45.0 Å². The fourth-order valence-electron chi connectivity index (χ4n) is 1.74. The zero-order chi connectivity index (χ0) is 13.1. The maximum atomic E-state index is 12.9. The van der Waals surface area contributed by atoms with Crippen molar-refractivity contribution < 1.29 is 9.13 Å². The average Bonchev–Trinajstić information content (AvgIpc) is 2.27. The molecule has 1 unspecified atom stereocenters. The van der Waals surface area contributed by atoms with Gasteiger partial charge < -0.3 is 10.1 Å². The molecule has 17 heavy (non-hydrogen) atoms. The van der Waals surface area contributed by atoms with Crippen LogP contribution < -0.4 is 5.32 Å². The molecule has 0 saturated carbocycles. The highest BCUT2D eigenvalue weighted by Gasteiger charge is 2.28. The molecule has 0 radical (unpaired) electrons. The zero-order valence-corrected chi connectivity index (χ0v) is 11.4. The predicted octanol–water partition coefficient (Wildman–Crippen LogP) is 3.03. The summed E-state index contributed by atoms with van der Waals surface area (Å²) in [7, 11) is 3.56. The van der Waals surface area contributed by atoms with E-state index in [-0.39, 0.29) is 17.5 Å². The van der Waals surface area contributed by atoms with E-state index < -0.39 is 0 Å². The number of halogens is 2. The Bertz CT molecular complexity index is 382. The molecule has 0 fully saturated rings. The summed E-state index contributed by atoms with van der Waals surface area (Å²) >= 11 is 6.02. The average molecular weight is 260 g/mol. The molecule has 96 valence electrons. The van der Waals surface area contributed by atoms with Crippen LogP contribution in [0.3, 0.4) is 0 Å². The summed E-state index contributed by atoms with van der Waals surface area (Å²) in [5.74, 6) is -0.314. The van der Waals surface area contributed by atoms with E-state index >= 15 is 0 Å². The lowest BCUT2D eigenvalue weighted by Crippen LogP contribution is -2.48. The SMILES string of the molecule is CNC(Cc1ccc(F)cc1Cl)C(C)(C)OC. The lowest BCUT2D eigenvalue weighted by molar-refractivity contribution is -0.00796. The number of methoxy groups -OCH3 is 1. The second kappa shape index (κ2) is 5.80. The number of nitrogens with one attached hydrogen (secondary N) is 1. The van der Waals surface area contributed by atoms with E-state index in [9.17, 15) is 4.39 Å². The van der Waals surface area contributed by atoms with Gasteiger partial charge in [-0.2, -0.15) is 0 Å². The Kier molecular flexibility index (Phi) is 4.92. The smallest absolute Gasteiger partial charge is 0.124 e. The number of rotatable bonds is 5. The van der Waals surface area contributed by atoms with Gasteiger partial charge in [-0.25, -0.2) is 4.39 Å². The highest BCUT2D eigenvalue weighted by Crippen LogP contribution is 2.23. The lowest BCUT2D eigenvalue weighted by Gasteiger charge is -2.33. The maximum absolute atomic E-state index is 12.9. The van der Waals surface area contributed by atoms with Crippen LogP contribution in [0.4, 0.5) is 4.39 Å². The van der Waals surface area contributed by atoms with Gasteiger partial charge in [-0.1, -0.05) is 17.7 Å². The molecule has 1 N–H and O–H groups in total. The number of likely N-dealkylation sites (N-methyl/N-ethyl adjacent to an activating group) is 1. The van der Waals surface area contributed by atoms with Crippen molar-refractivity contribution in [3.05, 3.63) is 34.6 Å². The van der Waals surface area contributed by atoms with Crippen LogP contribution in [0.15, 0.2) is 18.2 Å². The predicted molar refractivity (Wildman–Crippen MR) is 69.0 cm³/mol. The van der Waals surface area contributed by atoms with Crippen molar-refractivity contribution in [2.75, 3.05) is 14.2 Å². The van der Waals surface area contributed by atoms with Crippen molar-refractivity contribution in [2.45, 2.75) is 31.9 Å². The van der Waals surface area contributed by atoms with Crippen molar-refractivity contribution in [3.63, 3.8) is 0 Å². The minimum Gasteiger partial charge on any atom is -0.377 e. The third-order valence-corrected chi connectivity index (χ3v) is 3.50. The molecule has 2 nitrogen and oxygen atoms in total. The standard InChI is InChI=1S/C13H19ClFNO/c1-13(2,17-4)12(16-3)7-9-5-6-10(15)8-11(9)14/h5-6,8,12,16H,7H2,1-4H3. The molecule has 0 spiro atoms. The normalized spacial score (nSPS) is 13.8. The first-order valence-electron chi connectivity index (χ1n) is 5.57. The summed E-state index contributed by atoms with van der Waals surface area (Å²) in [6.07, 6.45) is 0.691. The molecular weight excluding hydrogens is 241 g/mol. The number of ether oxygens (including phenoxy) is 1. The summed E-state index contributed by atoms with van der Waals surface area (Å²) in [5, 5.41) is 3.66. The van der Waals surface area contributed by atoms with Crippen LogP contribution in [0, 0.1) is 5.82 Å². The molecular formula is C13H19ClFNO. The van der Waals surface area contributed by atoms with Crippen LogP contribution in [0.1, 0.15) is 19.4 Å². The van der Waals surface area contributed by atoms with Crippen molar-refractivity contribution in [1.29, 1.82) is 0 Å². The molecule has 0 aliphatic rings. The second-order valence-electron chi connectivity index (χ2n) is 4.59. The summed E-state index contributed by atoms with van der Waals surface area (Å²) in [6, 6.07) is 4.58. The van der Waals surface area contributed by atoms with Gasteiger partial charge >= 0.3 is 0 Å². The number of benzene rings is 1. The molecule has 0 amide bonds. The summed E-state index contributed by atoms with van der Waals surface area (Å²) in [4.78, 5) is 0. The minimum absolute atomic E-state index is 0.107. The molecule has 0 saturated heterocycles. The van der Waals surface area contributed by atoms with Gasteiger partial charge in [0.05, 0.1) is 5.60 Å². The van der Waals surface area contributed by atoms with E-state index in [4.69, 9.17) is 16.3 Å². The van der Waals surface area contributed by atoms with Crippen LogP contribution in [0.25, 0.3) is 0 Å². The van der Waals surface area contributed by atoms with Gasteiger partial charge in [0.2, 0.25) is 0 Å². The van der Waals surface area contributed by atoms with Gasteiger partial charge in [0.15, 0.2) is 0 Å². The Morgan fingerprint density at radius 1 is 1.47 bits per heavy atom. The number of hydrogen-bond acceptors (Lipinski definition) is 2. The molecule has 0 bridgehead atoms. The monoisotopic (exact) mass is 259 g/mol. The fourth-order valence-corrected chi connectivity index (χ4v) is 1.99. The Morgan fingerprint density at radius 2 is 2.12 bits per heavy atom. The Morgan fingerprint density at radius 3 is 2.59 bits per heavy atom. The van der Waals surface area contributed by atoms with Gasteiger partial charge in [0, 0.05) is 18.2 Å². The number of hydrogen-bond donors (Lipinski definition) is 1. The molecule has 1 atom stereocenters. The van der Waals surface area contributed by atoms with Gasteiger partial charge in [-0.3, -0.25) is 0 Å². The highest BCUT2D eigenvalue weighted by molar-refractivity contribution is 6.31. The molecule has 0 aliphatic heterocycles. The van der Waals surface area contributed by atoms with Crippen LogP contribution in [-0.2, 0) is 11.2 Å². The van der Waals surface area contributed by atoms with Crippen LogP contribution >= 0.6 is 11.6 Å². The van der Waals surface area contributed by atoms with E-state index in [0.717, 1.165) is 5.56 Å².